The Balaban J connectivity index is 4.58. The van der Waals surface area contributed by atoms with Crippen molar-refractivity contribution < 1.29 is 14.7 Å². The number of nitrogens with zero attached hydrogens (tertiary/aromatic N) is 1. The minimum Gasteiger partial charge on any atom is -0.367 e. The smallest absolute Gasteiger partial charge is 0.295 e. The quantitative estimate of drug-likeness (QED) is 0.479. The molecule has 6 heteroatoms. The number of carbonyl (C=O) groups is 1. The van der Waals surface area contributed by atoms with E-state index in [1.165, 1.54) is 0 Å². The predicted molar refractivity (Wildman–Crippen MR) is 40.6 cm³/mol. The molecule has 0 fully saturated rings. The lowest BCUT2D eigenvalue weighted by atomic mass is 9.97. The second kappa shape index (κ2) is 3.89. The van der Waals surface area contributed by atoms with Gasteiger partial charge in [-0.2, -0.15) is 0 Å². The van der Waals surface area contributed by atoms with Crippen LogP contribution in [0.3, 0.4) is 0 Å². The molecule has 0 saturated heterocycles. The lowest BCUT2D eigenvalue weighted by Gasteiger charge is -2.24. The van der Waals surface area contributed by atoms with Crippen LogP contribution in [0.1, 0.15) is 26.7 Å². The van der Waals surface area contributed by atoms with Crippen LogP contribution in [0.25, 0.3) is 0 Å². The standard InChI is InChI=1S/C6H12N2O4/c1-3-6(4-2,5(7)9)12-8(10)11/h3-4H2,1-2H3,(H2,7,9). The highest BCUT2D eigenvalue weighted by Gasteiger charge is 2.37. The zero-order valence-corrected chi connectivity index (χ0v) is 7.07. The summed E-state index contributed by atoms with van der Waals surface area (Å²) in [4.78, 5) is 25.1. The Labute approximate surface area is 69.8 Å². The molecule has 0 aromatic rings. The summed E-state index contributed by atoms with van der Waals surface area (Å²) in [5, 5.41) is 9.02. The van der Waals surface area contributed by atoms with Crippen molar-refractivity contribution >= 4 is 5.91 Å². The summed E-state index contributed by atoms with van der Waals surface area (Å²) in [5.41, 5.74) is 3.52. The lowest BCUT2D eigenvalue weighted by Crippen LogP contribution is -2.46. The first-order valence-corrected chi connectivity index (χ1v) is 3.62. The van der Waals surface area contributed by atoms with E-state index < -0.39 is 16.6 Å². The van der Waals surface area contributed by atoms with Gasteiger partial charge in [0, 0.05) is 0 Å². The van der Waals surface area contributed by atoms with Crippen molar-refractivity contribution in [3.63, 3.8) is 0 Å². The van der Waals surface area contributed by atoms with Crippen LogP contribution in [-0.4, -0.2) is 16.6 Å². The molecule has 12 heavy (non-hydrogen) atoms. The molecule has 0 unspecified atom stereocenters. The van der Waals surface area contributed by atoms with Gasteiger partial charge in [0.25, 0.3) is 5.09 Å². The molecule has 0 atom stereocenters. The van der Waals surface area contributed by atoms with Crippen LogP contribution in [0.5, 0.6) is 0 Å². The normalized spacial score (nSPS) is 10.8. The van der Waals surface area contributed by atoms with Crippen LogP contribution in [0.2, 0.25) is 0 Å². The van der Waals surface area contributed by atoms with Crippen molar-refractivity contribution in [2.24, 2.45) is 5.73 Å². The fourth-order valence-electron chi connectivity index (χ4n) is 0.915. The van der Waals surface area contributed by atoms with Gasteiger partial charge in [-0.15, -0.1) is 10.1 Å². The van der Waals surface area contributed by atoms with E-state index in [1.807, 2.05) is 0 Å². The molecule has 0 spiro atoms. The molecule has 0 bridgehead atoms. The van der Waals surface area contributed by atoms with Crippen LogP contribution in [0.4, 0.5) is 0 Å². The summed E-state index contributed by atoms with van der Waals surface area (Å²) in [7, 11) is 0. The van der Waals surface area contributed by atoms with Gasteiger partial charge in [0.05, 0.1) is 0 Å². The van der Waals surface area contributed by atoms with Gasteiger partial charge < -0.3 is 5.73 Å². The maximum atomic E-state index is 10.8. The summed E-state index contributed by atoms with van der Waals surface area (Å²) in [6.07, 6.45) is 0.389. The van der Waals surface area contributed by atoms with E-state index >= 15 is 0 Å². The summed E-state index contributed by atoms with van der Waals surface area (Å²) in [6, 6.07) is 0. The third-order valence-electron chi connectivity index (χ3n) is 1.84. The van der Waals surface area contributed by atoms with Gasteiger partial charge in [-0.05, 0) is 12.8 Å². The molecular weight excluding hydrogens is 164 g/mol. The van der Waals surface area contributed by atoms with Crippen LogP contribution in [0.15, 0.2) is 0 Å². The van der Waals surface area contributed by atoms with Gasteiger partial charge in [0.2, 0.25) is 5.91 Å². The monoisotopic (exact) mass is 176 g/mol. The Morgan fingerprint density at radius 3 is 2.08 bits per heavy atom. The molecule has 6 nitrogen and oxygen atoms in total. The Morgan fingerprint density at radius 1 is 1.58 bits per heavy atom. The van der Waals surface area contributed by atoms with Gasteiger partial charge in [-0.25, -0.2) is 0 Å². The molecule has 0 heterocycles. The summed E-state index contributed by atoms with van der Waals surface area (Å²) in [6.45, 7) is 3.22. The molecule has 0 aliphatic rings. The number of hydrogen-bond acceptors (Lipinski definition) is 4. The molecule has 1 amide bonds. The third kappa shape index (κ3) is 2.08. The zero-order valence-electron chi connectivity index (χ0n) is 7.07. The first-order chi connectivity index (χ1) is 5.48. The largest absolute Gasteiger partial charge is 0.367 e. The fourth-order valence-corrected chi connectivity index (χ4v) is 0.915. The van der Waals surface area contributed by atoms with Crippen LogP contribution < -0.4 is 5.73 Å². The zero-order chi connectivity index (χ0) is 9.78. The topological polar surface area (TPSA) is 95.5 Å². The van der Waals surface area contributed by atoms with E-state index in [0.29, 0.717) is 0 Å². The number of primary amides is 1. The highest BCUT2D eigenvalue weighted by Crippen LogP contribution is 2.19. The van der Waals surface area contributed by atoms with Crippen molar-refractivity contribution in [3.8, 4) is 0 Å². The van der Waals surface area contributed by atoms with Crippen LogP contribution in [-0.2, 0) is 9.63 Å². The Morgan fingerprint density at radius 2 is 2.00 bits per heavy atom. The first-order valence-electron chi connectivity index (χ1n) is 3.62. The van der Waals surface area contributed by atoms with Crippen LogP contribution in [0, 0.1) is 10.1 Å². The SMILES string of the molecule is CCC(CC)(O[N+](=O)[O-])C(N)=O. The number of rotatable bonds is 5. The van der Waals surface area contributed by atoms with E-state index in [4.69, 9.17) is 5.73 Å². The third-order valence-corrected chi connectivity index (χ3v) is 1.84. The highest BCUT2D eigenvalue weighted by atomic mass is 17.0. The summed E-state index contributed by atoms with van der Waals surface area (Å²) < 4.78 is 0. The molecule has 0 aliphatic carbocycles. The maximum absolute atomic E-state index is 10.8. The number of carbonyl (C=O) groups excluding carboxylic acids is 1. The second-order valence-corrected chi connectivity index (χ2v) is 2.38. The summed E-state index contributed by atoms with van der Waals surface area (Å²) in [5.74, 6) is -0.802. The first kappa shape index (κ1) is 10.7. The molecule has 0 radical (unpaired) electrons. The molecule has 70 valence electrons. The molecular formula is C6H12N2O4. The number of amides is 1. The van der Waals surface area contributed by atoms with Gasteiger partial charge in [-0.3, -0.25) is 9.63 Å². The minimum atomic E-state index is -1.45. The molecule has 2 N–H and O–H groups in total. The van der Waals surface area contributed by atoms with E-state index in [9.17, 15) is 14.9 Å². The minimum absolute atomic E-state index is 0.194. The maximum Gasteiger partial charge on any atom is 0.295 e. The van der Waals surface area contributed by atoms with Crippen molar-refractivity contribution in [2.75, 3.05) is 0 Å². The highest BCUT2D eigenvalue weighted by molar-refractivity contribution is 5.83. The Hall–Kier alpha value is -1.33. The second-order valence-electron chi connectivity index (χ2n) is 2.38. The molecule has 0 aromatic carbocycles. The van der Waals surface area contributed by atoms with Crippen molar-refractivity contribution in [1.82, 2.24) is 0 Å². The van der Waals surface area contributed by atoms with Crippen molar-refractivity contribution in [2.45, 2.75) is 32.3 Å². The van der Waals surface area contributed by atoms with Gasteiger partial charge in [0.1, 0.15) is 0 Å². The van der Waals surface area contributed by atoms with Crippen molar-refractivity contribution in [3.05, 3.63) is 10.1 Å². The fraction of sp³-hybridized carbons (Fsp3) is 0.833. The number of hydrogen-bond donors (Lipinski definition) is 1. The van der Waals surface area contributed by atoms with Gasteiger partial charge >= 0.3 is 0 Å². The number of nitrogens with two attached hydrogens (primary N) is 1. The molecule has 0 aromatic heterocycles. The van der Waals surface area contributed by atoms with E-state index in [0.717, 1.165) is 0 Å². The van der Waals surface area contributed by atoms with E-state index in [1.54, 1.807) is 13.8 Å². The molecule has 0 aliphatic heterocycles. The summed E-state index contributed by atoms with van der Waals surface area (Å²) >= 11 is 0. The molecule has 0 saturated carbocycles. The van der Waals surface area contributed by atoms with Crippen molar-refractivity contribution in [1.29, 1.82) is 0 Å². The van der Waals surface area contributed by atoms with Crippen LogP contribution >= 0.6 is 0 Å². The van der Waals surface area contributed by atoms with Gasteiger partial charge in [0.15, 0.2) is 5.60 Å². The lowest BCUT2D eigenvalue weighted by molar-refractivity contribution is -0.776. The molecule has 0 rings (SSSR count). The Kier molecular flexibility index (Phi) is 3.46. The Bertz CT molecular complexity index is 188. The van der Waals surface area contributed by atoms with E-state index in [-0.39, 0.29) is 12.8 Å². The average Bonchev–Trinajstić information content (AvgIpc) is 1.99. The van der Waals surface area contributed by atoms with E-state index in [2.05, 4.69) is 4.84 Å². The average molecular weight is 176 g/mol. The predicted octanol–water partition coefficient (Wildman–Crippen LogP) is 0.239. The van der Waals surface area contributed by atoms with Gasteiger partial charge in [-0.1, -0.05) is 13.8 Å².